The Balaban J connectivity index is 0.874. The average molecular weight is 1050 g/mol. The first-order chi connectivity index (χ1) is 39.6. The van der Waals surface area contributed by atoms with Crippen LogP contribution in [0.5, 0.6) is 0 Å². The second kappa shape index (κ2) is 17.8. The molecule has 12 aromatic carbocycles. The van der Waals surface area contributed by atoms with Crippen molar-refractivity contribution in [1.82, 2.24) is 19.1 Å². The number of benzene rings is 12. The lowest BCUT2D eigenvalue weighted by Gasteiger charge is -2.14. The molecule has 0 radical (unpaired) electrons. The SMILES string of the molecule is c1ccc(-c2cc(-c3ccccc3)cc(-c3ccc4ccc(-n5c6ccccc6c6cc7c8ccccc8n(-c8nc(-c9ccc%10sc%11ccccc%11c%10c9)cc(-c9ccc%10sc%11ccccc%11c%10c9)n8)c7cc65)cc4c3)c2)cc1. The van der Waals surface area contributed by atoms with Gasteiger partial charge in [0, 0.05) is 78.7 Å². The van der Waals surface area contributed by atoms with E-state index in [2.05, 4.69) is 276 Å². The van der Waals surface area contributed by atoms with Crippen LogP contribution >= 0.6 is 22.7 Å². The van der Waals surface area contributed by atoms with Crippen molar-refractivity contribution < 1.29 is 0 Å². The Morgan fingerprint density at radius 2 is 0.700 bits per heavy atom. The van der Waals surface area contributed by atoms with Crippen molar-refractivity contribution >= 4 is 117 Å². The molecule has 0 bridgehead atoms. The summed E-state index contributed by atoms with van der Waals surface area (Å²) >= 11 is 3.67. The summed E-state index contributed by atoms with van der Waals surface area (Å²) in [5.74, 6) is 0.626. The van der Waals surface area contributed by atoms with Crippen LogP contribution in [0.15, 0.2) is 267 Å². The monoisotopic (exact) mass is 1050 g/mol. The number of aromatic nitrogens is 4. The van der Waals surface area contributed by atoms with Crippen LogP contribution in [0.3, 0.4) is 0 Å². The number of hydrogen-bond acceptors (Lipinski definition) is 4. The van der Waals surface area contributed by atoms with E-state index >= 15 is 0 Å². The van der Waals surface area contributed by atoms with Gasteiger partial charge in [-0.2, -0.15) is 0 Å². The molecular weight excluding hydrogens is 1010 g/mol. The standard InChI is InChI=1S/C74H44N4S2/c1-3-15-45(16-4-1)51-36-52(46-17-5-2-6-18-46)38-53(37-51)48-28-27-47-29-32-55(39-54(47)35-48)77-66-23-11-7-19-56(66)60-42-61-57-20-8-12-24-67(57)78(69(61)44-68(60)77)74-75-64(49-30-33-72-62(40-49)58-21-9-13-25-70(58)79-72)43-65(76-74)50-31-34-73-63(41-50)59-22-10-14-26-71(59)80-73/h1-44H. The number of thiophene rings is 2. The highest BCUT2D eigenvalue weighted by molar-refractivity contribution is 7.26. The summed E-state index contributed by atoms with van der Waals surface area (Å²) in [6.07, 6.45) is 0. The summed E-state index contributed by atoms with van der Waals surface area (Å²) in [7, 11) is 0. The topological polar surface area (TPSA) is 35.6 Å². The Morgan fingerprint density at radius 3 is 1.29 bits per heavy atom. The second-order valence-corrected chi connectivity index (χ2v) is 23.1. The first-order valence-corrected chi connectivity index (χ1v) is 28.7. The van der Waals surface area contributed by atoms with E-state index in [1.807, 2.05) is 22.7 Å². The molecule has 0 atom stereocenters. The van der Waals surface area contributed by atoms with E-state index in [4.69, 9.17) is 9.97 Å². The van der Waals surface area contributed by atoms with Crippen molar-refractivity contribution in [3.05, 3.63) is 267 Å². The Kier molecular flexibility index (Phi) is 10.0. The maximum absolute atomic E-state index is 5.61. The lowest BCUT2D eigenvalue weighted by Crippen LogP contribution is -2.04. The van der Waals surface area contributed by atoms with E-state index in [0.29, 0.717) is 5.95 Å². The predicted molar refractivity (Wildman–Crippen MR) is 341 cm³/mol. The minimum Gasteiger partial charge on any atom is -0.309 e. The van der Waals surface area contributed by atoms with Gasteiger partial charge in [-0.15, -0.1) is 22.7 Å². The van der Waals surface area contributed by atoms with E-state index in [9.17, 15) is 0 Å². The summed E-state index contributed by atoms with van der Waals surface area (Å²) in [5, 5.41) is 12.1. The lowest BCUT2D eigenvalue weighted by atomic mass is 9.92. The van der Waals surface area contributed by atoms with Gasteiger partial charge < -0.3 is 4.57 Å². The van der Waals surface area contributed by atoms with Gasteiger partial charge in [0.25, 0.3) is 0 Å². The van der Waals surface area contributed by atoms with Crippen LogP contribution in [0.2, 0.25) is 0 Å². The maximum Gasteiger partial charge on any atom is 0.235 e. The van der Waals surface area contributed by atoms with Gasteiger partial charge in [0.15, 0.2) is 0 Å². The molecule has 0 N–H and O–H groups in total. The third-order valence-electron chi connectivity index (χ3n) is 16.3. The molecule has 0 saturated heterocycles. The molecule has 0 amide bonds. The molecule has 17 rings (SSSR count). The highest BCUT2D eigenvalue weighted by Crippen LogP contribution is 2.43. The van der Waals surface area contributed by atoms with Crippen molar-refractivity contribution in [2.45, 2.75) is 0 Å². The number of hydrogen-bond donors (Lipinski definition) is 0. The minimum absolute atomic E-state index is 0.626. The van der Waals surface area contributed by atoms with Gasteiger partial charge in [-0.05, 0) is 147 Å². The van der Waals surface area contributed by atoms with Gasteiger partial charge in [-0.25, -0.2) is 9.97 Å². The molecule has 0 spiro atoms. The van der Waals surface area contributed by atoms with Gasteiger partial charge >= 0.3 is 0 Å². The maximum atomic E-state index is 5.61. The first-order valence-electron chi connectivity index (χ1n) is 27.1. The zero-order chi connectivity index (χ0) is 52.4. The van der Waals surface area contributed by atoms with Crippen LogP contribution < -0.4 is 0 Å². The molecule has 0 unspecified atom stereocenters. The third kappa shape index (κ3) is 7.20. The highest BCUT2D eigenvalue weighted by atomic mass is 32.1. The summed E-state index contributed by atoms with van der Waals surface area (Å²) in [4.78, 5) is 11.2. The van der Waals surface area contributed by atoms with Crippen LogP contribution in [-0.2, 0) is 0 Å². The van der Waals surface area contributed by atoms with Crippen molar-refractivity contribution in [3.63, 3.8) is 0 Å². The van der Waals surface area contributed by atoms with Crippen molar-refractivity contribution in [2.24, 2.45) is 0 Å². The van der Waals surface area contributed by atoms with E-state index in [-0.39, 0.29) is 0 Å². The fourth-order valence-electron chi connectivity index (χ4n) is 12.5. The van der Waals surface area contributed by atoms with Crippen molar-refractivity contribution in [1.29, 1.82) is 0 Å². The van der Waals surface area contributed by atoms with Gasteiger partial charge in [0.05, 0.1) is 33.5 Å². The molecular formula is C74H44N4S2. The van der Waals surface area contributed by atoms with Gasteiger partial charge in [-0.1, -0.05) is 164 Å². The van der Waals surface area contributed by atoms with Crippen molar-refractivity contribution in [3.8, 4) is 67.5 Å². The fraction of sp³-hybridized carbons (Fsp3) is 0. The molecule has 0 saturated carbocycles. The lowest BCUT2D eigenvalue weighted by molar-refractivity contribution is 0.996. The molecule has 372 valence electrons. The molecule has 80 heavy (non-hydrogen) atoms. The van der Waals surface area contributed by atoms with Crippen LogP contribution in [0.4, 0.5) is 0 Å². The second-order valence-electron chi connectivity index (χ2n) is 20.9. The smallest absolute Gasteiger partial charge is 0.235 e. The van der Waals surface area contributed by atoms with E-state index in [1.54, 1.807) is 0 Å². The molecule has 5 heterocycles. The molecule has 6 heteroatoms. The molecule has 0 aliphatic heterocycles. The van der Waals surface area contributed by atoms with Crippen LogP contribution in [-0.4, -0.2) is 19.1 Å². The number of fused-ring (bicyclic) bond motifs is 13. The Bertz CT molecular complexity index is 5180. The normalized spacial score (nSPS) is 12.0. The molecule has 4 nitrogen and oxygen atoms in total. The van der Waals surface area contributed by atoms with Crippen LogP contribution in [0.25, 0.3) is 162 Å². The molecule has 5 aromatic heterocycles. The largest absolute Gasteiger partial charge is 0.309 e. The molecule has 17 aromatic rings. The average Bonchev–Trinajstić information content (AvgIpc) is 4.46. The zero-order valence-corrected chi connectivity index (χ0v) is 44.6. The quantitative estimate of drug-likeness (QED) is 0.159. The summed E-state index contributed by atoms with van der Waals surface area (Å²) in [6, 6.07) is 97.8. The summed E-state index contributed by atoms with van der Waals surface area (Å²) < 4.78 is 9.84. The third-order valence-corrected chi connectivity index (χ3v) is 18.6. The van der Waals surface area contributed by atoms with E-state index in [1.165, 1.54) is 95.3 Å². The zero-order valence-electron chi connectivity index (χ0n) is 43.0. The minimum atomic E-state index is 0.626. The van der Waals surface area contributed by atoms with E-state index < -0.39 is 0 Å². The fourth-order valence-corrected chi connectivity index (χ4v) is 14.6. The van der Waals surface area contributed by atoms with Gasteiger partial charge in [0.1, 0.15) is 0 Å². The number of nitrogens with zero attached hydrogens (tertiary/aromatic N) is 4. The predicted octanol–water partition coefficient (Wildman–Crippen LogP) is 20.9. The van der Waals surface area contributed by atoms with Gasteiger partial charge in [-0.3, -0.25) is 4.57 Å². The Morgan fingerprint density at radius 1 is 0.237 bits per heavy atom. The summed E-state index contributed by atoms with van der Waals surface area (Å²) in [6.45, 7) is 0. The van der Waals surface area contributed by atoms with Crippen LogP contribution in [0, 0.1) is 0 Å². The number of rotatable bonds is 7. The highest BCUT2D eigenvalue weighted by Gasteiger charge is 2.22. The van der Waals surface area contributed by atoms with Crippen LogP contribution in [0.1, 0.15) is 0 Å². The Labute approximate surface area is 468 Å². The molecule has 0 aliphatic rings. The first kappa shape index (κ1) is 45.1. The summed E-state index contributed by atoms with van der Waals surface area (Å²) in [5.41, 5.74) is 16.4. The Hall–Kier alpha value is -9.98. The van der Waals surface area contributed by atoms with Gasteiger partial charge in [0.2, 0.25) is 5.95 Å². The van der Waals surface area contributed by atoms with Crippen molar-refractivity contribution in [2.75, 3.05) is 0 Å². The van der Waals surface area contributed by atoms with E-state index in [0.717, 1.165) is 61.0 Å². The molecule has 0 fully saturated rings. The number of para-hydroxylation sites is 2. The molecule has 0 aliphatic carbocycles.